The van der Waals surface area contributed by atoms with Gasteiger partial charge in [0, 0.05) is 27.7 Å². The van der Waals surface area contributed by atoms with Gasteiger partial charge >= 0.3 is 0 Å². The Balaban J connectivity index is 1.48. The van der Waals surface area contributed by atoms with E-state index in [1.807, 2.05) is 31.2 Å². The van der Waals surface area contributed by atoms with Gasteiger partial charge in [-0.1, -0.05) is 35.3 Å². The maximum absolute atomic E-state index is 12.4. The van der Waals surface area contributed by atoms with Crippen molar-refractivity contribution in [2.24, 2.45) is 5.10 Å². The standard InChI is InChI=1S/C26H25Cl2N3O3/c1-17-15-22(28)12-13-24(17)34-14-4-7-25(32)31-30-18(2)20-5-3-6-23(16-20)29-26(33)19-8-10-21(27)11-9-19/h3,5-6,8-13,15-16H,4,7,14H2,1-2H3,(H,29,33)(H,31,32). The van der Waals surface area contributed by atoms with Crippen LogP contribution in [0.2, 0.25) is 10.0 Å². The fourth-order valence-electron chi connectivity index (χ4n) is 3.08. The summed E-state index contributed by atoms with van der Waals surface area (Å²) in [7, 11) is 0. The molecule has 0 saturated carbocycles. The first-order valence-electron chi connectivity index (χ1n) is 10.7. The van der Waals surface area contributed by atoms with E-state index in [2.05, 4.69) is 15.8 Å². The predicted octanol–water partition coefficient (Wildman–Crippen LogP) is 6.25. The van der Waals surface area contributed by atoms with Crippen molar-refractivity contribution in [2.45, 2.75) is 26.7 Å². The number of hydrogen-bond donors (Lipinski definition) is 2. The van der Waals surface area contributed by atoms with Gasteiger partial charge in [-0.25, -0.2) is 5.43 Å². The molecular formula is C26H25Cl2N3O3. The molecule has 0 aliphatic rings. The summed E-state index contributed by atoms with van der Waals surface area (Å²) in [6, 6.07) is 19.3. The molecule has 3 aromatic rings. The highest BCUT2D eigenvalue weighted by molar-refractivity contribution is 6.31. The summed E-state index contributed by atoms with van der Waals surface area (Å²) < 4.78 is 5.70. The molecule has 2 N–H and O–H groups in total. The third-order valence-electron chi connectivity index (χ3n) is 4.94. The van der Waals surface area contributed by atoms with Crippen LogP contribution in [0.15, 0.2) is 71.8 Å². The van der Waals surface area contributed by atoms with E-state index >= 15 is 0 Å². The van der Waals surface area contributed by atoms with Gasteiger partial charge in [0.25, 0.3) is 5.91 Å². The number of hydrogen-bond acceptors (Lipinski definition) is 4. The quantitative estimate of drug-likeness (QED) is 0.208. The molecule has 0 bridgehead atoms. The van der Waals surface area contributed by atoms with Crippen LogP contribution in [0.4, 0.5) is 5.69 Å². The van der Waals surface area contributed by atoms with Crippen LogP contribution in [0, 0.1) is 6.92 Å². The summed E-state index contributed by atoms with van der Waals surface area (Å²) in [5, 5.41) is 8.25. The lowest BCUT2D eigenvalue weighted by Crippen LogP contribution is -2.19. The zero-order valence-electron chi connectivity index (χ0n) is 18.9. The number of hydrazone groups is 1. The third-order valence-corrected chi connectivity index (χ3v) is 5.42. The van der Waals surface area contributed by atoms with Crippen molar-refractivity contribution in [2.75, 3.05) is 11.9 Å². The predicted molar refractivity (Wildman–Crippen MR) is 137 cm³/mol. The molecule has 0 aromatic heterocycles. The SMILES string of the molecule is CC(=NNC(=O)CCCOc1ccc(Cl)cc1C)c1cccc(NC(=O)c2ccc(Cl)cc2)c1. The monoisotopic (exact) mass is 497 g/mol. The van der Waals surface area contributed by atoms with Gasteiger partial charge in [-0.05, 0) is 86.0 Å². The molecule has 3 aromatic carbocycles. The van der Waals surface area contributed by atoms with Crippen molar-refractivity contribution in [1.82, 2.24) is 5.43 Å². The minimum Gasteiger partial charge on any atom is -0.493 e. The molecule has 0 unspecified atom stereocenters. The zero-order valence-corrected chi connectivity index (χ0v) is 20.4. The van der Waals surface area contributed by atoms with Crippen molar-refractivity contribution in [3.8, 4) is 5.75 Å². The number of rotatable bonds is 9. The molecule has 34 heavy (non-hydrogen) atoms. The summed E-state index contributed by atoms with van der Waals surface area (Å²) in [6.07, 6.45) is 0.829. The lowest BCUT2D eigenvalue weighted by Gasteiger charge is -2.09. The molecule has 0 saturated heterocycles. The largest absolute Gasteiger partial charge is 0.493 e. The van der Waals surface area contributed by atoms with Crippen LogP contribution >= 0.6 is 23.2 Å². The summed E-state index contributed by atoms with van der Waals surface area (Å²) in [5.74, 6) is 0.303. The number of nitrogens with one attached hydrogen (secondary N) is 2. The summed E-state index contributed by atoms with van der Waals surface area (Å²) in [5.41, 5.74) is 6.02. The molecule has 0 fully saturated rings. The highest BCUT2D eigenvalue weighted by Crippen LogP contribution is 2.22. The highest BCUT2D eigenvalue weighted by atomic mass is 35.5. The van der Waals surface area contributed by atoms with E-state index in [1.54, 1.807) is 49.4 Å². The van der Waals surface area contributed by atoms with Gasteiger partial charge < -0.3 is 10.1 Å². The van der Waals surface area contributed by atoms with Crippen LogP contribution in [0.1, 0.15) is 41.3 Å². The van der Waals surface area contributed by atoms with Crippen molar-refractivity contribution >= 4 is 46.4 Å². The first kappa shape index (κ1) is 25.3. The Hall–Kier alpha value is -3.35. The molecular weight excluding hydrogens is 473 g/mol. The Morgan fingerprint density at radius 1 is 0.941 bits per heavy atom. The molecule has 0 aliphatic heterocycles. The zero-order chi connectivity index (χ0) is 24.5. The molecule has 0 aliphatic carbocycles. The van der Waals surface area contributed by atoms with E-state index in [4.69, 9.17) is 27.9 Å². The van der Waals surface area contributed by atoms with E-state index < -0.39 is 0 Å². The fraction of sp³-hybridized carbons (Fsp3) is 0.192. The average Bonchev–Trinajstić information content (AvgIpc) is 2.82. The van der Waals surface area contributed by atoms with Crippen molar-refractivity contribution < 1.29 is 14.3 Å². The van der Waals surface area contributed by atoms with Crippen LogP contribution in [0.5, 0.6) is 5.75 Å². The smallest absolute Gasteiger partial charge is 0.255 e. The number of carbonyl (C=O) groups excluding carboxylic acids is 2. The minimum atomic E-state index is -0.243. The topological polar surface area (TPSA) is 79.8 Å². The molecule has 8 heteroatoms. The second kappa shape index (κ2) is 12.2. The third kappa shape index (κ3) is 7.61. The average molecular weight is 498 g/mol. The van der Waals surface area contributed by atoms with E-state index in [9.17, 15) is 9.59 Å². The number of carbonyl (C=O) groups is 2. The number of benzene rings is 3. The molecule has 0 atom stereocenters. The molecule has 2 amide bonds. The van der Waals surface area contributed by atoms with Crippen LogP contribution in [0.3, 0.4) is 0 Å². The molecule has 0 radical (unpaired) electrons. The van der Waals surface area contributed by atoms with Crippen LogP contribution in [0.25, 0.3) is 0 Å². The van der Waals surface area contributed by atoms with Crippen molar-refractivity contribution in [3.05, 3.63) is 93.5 Å². The van der Waals surface area contributed by atoms with E-state index in [0.717, 1.165) is 16.9 Å². The van der Waals surface area contributed by atoms with E-state index in [1.165, 1.54) is 0 Å². The first-order chi connectivity index (χ1) is 16.3. The first-order valence-corrected chi connectivity index (χ1v) is 11.5. The van der Waals surface area contributed by atoms with Crippen LogP contribution < -0.4 is 15.5 Å². The maximum Gasteiger partial charge on any atom is 0.255 e. The van der Waals surface area contributed by atoms with E-state index in [-0.39, 0.29) is 18.2 Å². The summed E-state index contributed by atoms with van der Waals surface area (Å²) in [4.78, 5) is 24.6. The second-order valence-electron chi connectivity index (χ2n) is 7.64. The molecule has 3 rings (SSSR count). The molecule has 0 spiro atoms. The normalized spacial score (nSPS) is 11.1. The minimum absolute atomic E-state index is 0.206. The van der Waals surface area contributed by atoms with Gasteiger partial charge in [-0.3, -0.25) is 9.59 Å². The summed E-state index contributed by atoms with van der Waals surface area (Å²) >= 11 is 11.8. The number of anilines is 1. The van der Waals surface area contributed by atoms with Crippen molar-refractivity contribution in [3.63, 3.8) is 0 Å². The number of halogens is 2. The highest BCUT2D eigenvalue weighted by Gasteiger charge is 2.08. The summed E-state index contributed by atoms with van der Waals surface area (Å²) in [6.45, 7) is 4.12. The van der Waals surface area contributed by atoms with Crippen LogP contribution in [-0.2, 0) is 4.79 Å². The second-order valence-corrected chi connectivity index (χ2v) is 8.51. The molecule has 0 heterocycles. The van der Waals surface area contributed by atoms with Gasteiger partial charge in [-0.2, -0.15) is 5.10 Å². The van der Waals surface area contributed by atoms with Gasteiger partial charge in [-0.15, -0.1) is 0 Å². The maximum atomic E-state index is 12.4. The Kier molecular flexibility index (Phi) is 9.08. The Morgan fingerprint density at radius 3 is 2.41 bits per heavy atom. The number of amides is 2. The molecule has 176 valence electrons. The fourth-order valence-corrected chi connectivity index (χ4v) is 3.44. The Labute approximate surface area is 208 Å². The van der Waals surface area contributed by atoms with Gasteiger partial charge in [0.15, 0.2) is 0 Å². The molecule has 6 nitrogen and oxygen atoms in total. The Morgan fingerprint density at radius 2 is 1.68 bits per heavy atom. The number of ether oxygens (including phenoxy) is 1. The number of aryl methyl sites for hydroxylation is 1. The van der Waals surface area contributed by atoms with Gasteiger partial charge in [0.1, 0.15) is 5.75 Å². The number of nitrogens with zero attached hydrogens (tertiary/aromatic N) is 1. The van der Waals surface area contributed by atoms with E-state index in [0.29, 0.717) is 40.0 Å². The van der Waals surface area contributed by atoms with Gasteiger partial charge in [0.2, 0.25) is 5.91 Å². The van der Waals surface area contributed by atoms with Crippen molar-refractivity contribution in [1.29, 1.82) is 0 Å². The lowest BCUT2D eigenvalue weighted by molar-refractivity contribution is -0.121. The van der Waals surface area contributed by atoms with Crippen LogP contribution in [-0.4, -0.2) is 24.1 Å². The Bertz CT molecular complexity index is 1190. The van der Waals surface area contributed by atoms with Gasteiger partial charge in [0.05, 0.1) is 12.3 Å². The lowest BCUT2D eigenvalue weighted by atomic mass is 10.1.